The number of fused-ring (bicyclic) bond motifs is 1. The molecule has 0 aliphatic carbocycles. The molecular weight excluding hydrogens is 270 g/mol. The molecule has 3 aromatic rings. The summed E-state index contributed by atoms with van der Waals surface area (Å²) in [5, 5.41) is 3.48. The third-order valence-electron chi connectivity index (χ3n) is 3.45. The Morgan fingerprint density at radius 2 is 1.90 bits per heavy atom. The zero-order valence-corrected chi connectivity index (χ0v) is 12.5. The van der Waals surface area contributed by atoms with Gasteiger partial charge in [0.1, 0.15) is 0 Å². The summed E-state index contributed by atoms with van der Waals surface area (Å²) in [4.78, 5) is 19.5. The predicted molar refractivity (Wildman–Crippen MR) is 84.8 cm³/mol. The molecule has 0 bridgehead atoms. The lowest BCUT2D eigenvalue weighted by atomic mass is 10.1. The lowest BCUT2D eigenvalue weighted by molar-refractivity contribution is 0.882. The summed E-state index contributed by atoms with van der Waals surface area (Å²) in [6, 6.07) is 8.32. The van der Waals surface area contributed by atoms with Gasteiger partial charge >= 0.3 is 5.69 Å². The standard InChI is InChI=1S/C15H17N3OS/c1-8-6-12(10(3)20-8)9(2)16-11-4-5-13-14(7-11)18-15(19)17-13/h4-7,9,16H,1-3H3,(H2,17,18,19). The molecule has 2 aromatic heterocycles. The summed E-state index contributed by atoms with van der Waals surface area (Å²) >= 11 is 1.82. The number of hydrogen-bond donors (Lipinski definition) is 3. The maximum atomic E-state index is 11.3. The molecule has 0 fully saturated rings. The van der Waals surface area contributed by atoms with Gasteiger partial charge in [-0.05, 0) is 50.6 Å². The molecule has 0 radical (unpaired) electrons. The Kier molecular flexibility index (Phi) is 3.14. The smallest absolute Gasteiger partial charge is 0.323 e. The van der Waals surface area contributed by atoms with E-state index in [1.807, 2.05) is 29.5 Å². The first-order chi connectivity index (χ1) is 9.52. The van der Waals surface area contributed by atoms with E-state index in [9.17, 15) is 4.79 Å². The summed E-state index contributed by atoms with van der Waals surface area (Å²) in [6.45, 7) is 6.43. The second-order valence-electron chi connectivity index (χ2n) is 5.07. The van der Waals surface area contributed by atoms with E-state index in [1.54, 1.807) is 0 Å². The van der Waals surface area contributed by atoms with E-state index in [2.05, 4.69) is 42.1 Å². The third kappa shape index (κ3) is 2.36. The van der Waals surface area contributed by atoms with Crippen LogP contribution >= 0.6 is 11.3 Å². The summed E-state index contributed by atoms with van der Waals surface area (Å²) in [7, 11) is 0. The van der Waals surface area contributed by atoms with Crippen LogP contribution in [0.3, 0.4) is 0 Å². The van der Waals surface area contributed by atoms with E-state index in [-0.39, 0.29) is 11.7 Å². The van der Waals surface area contributed by atoms with Gasteiger partial charge in [-0.3, -0.25) is 0 Å². The molecule has 1 aromatic carbocycles. The van der Waals surface area contributed by atoms with Crippen LogP contribution < -0.4 is 11.0 Å². The molecule has 1 unspecified atom stereocenters. The largest absolute Gasteiger partial charge is 0.378 e. The Bertz CT molecular complexity index is 812. The van der Waals surface area contributed by atoms with Crippen molar-refractivity contribution < 1.29 is 0 Å². The lowest BCUT2D eigenvalue weighted by Crippen LogP contribution is -2.06. The zero-order valence-electron chi connectivity index (χ0n) is 11.7. The first-order valence-corrected chi connectivity index (χ1v) is 7.40. The zero-order chi connectivity index (χ0) is 14.3. The number of hydrogen-bond acceptors (Lipinski definition) is 3. The topological polar surface area (TPSA) is 60.7 Å². The van der Waals surface area contributed by atoms with Crippen molar-refractivity contribution in [2.75, 3.05) is 5.32 Å². The quantitative estimate of drug-likeness (QED) is 0.687. The third-order valence-corrected chi connectivity index (χ3v) is 4.43. The molecule has 0 spiro atoms. The predicted octanol–water partition coefficient (Wildman–Crippen LogP) is 3.71. The number of anilines is 1. The number of aromatic amines is 2. The van der Waals surface area contributed by atoms with Gasteiger partial charge in [0.15, 0.2) is 0 Å². The highest BCUT2D eigenvalue weighted by Gasteiger charge is 2.11. The molecule has 0 saturated carbocycles. The average molecular weight is 287 g/mol. The molecule has 5 heteroatoms. The summed E-state index contributed by atoms with van der Waals surface area (Å²) in [5.41, 5.74) is 3.81. The van der Waals surface area contributed by atoms with Gasteiger partial charge in [0, 0.05) is 21.5 Å². The van der Waals surface area contributed by atoms with Crippen molar-refractivity contribution in [3.8, 4) is 0 Å². The molecule has 4 nitrogen and oxygen atoms in total. The fourth-order valence-electron chi connectivity index (χ4n) is 2.53. The number of rotatable bonds is 3. The van der Waals surface area contributed by atoms with Crippen LogP contribution in [0.4, 0.5) is 5.69 Å². The Hall–Kier alpha value is -2.01. The molecule has 20 heavy (non-hydrogen) atoms. The van der Waals surface area contributed by atoms with Crippen molar-refractivity contribution in [2.24, 2.45) is 0 Å². The van der Waals surface area contributed by atoms with Crippen LogP contribution in [0, 0.1) is 13.8 Å². The number of thiophene rings is 1. The number of H-pyrrole nitrogens is 2. The fourth-order valence-corrected chi connectivity index (χ4v) is 3.55. The van der Waals surface area contributed by atoms with Crippen LogP contribution in [0.15, 0.2) is 29.1 Å². The van der Waals surface area contributed by atoms with Crippen LogP contribution in [-0.2, 0) is 0 Å². The number of aromatic nitrogens is 2. The number of imidazole rings is 1. The lowest BCUT2D eigenvalue weighted by Gasteiger charge is -2.15. The fraction of sp³-hybridized carbons (Fsp3) is 0.267. The van der Waals surface area contributed by atoms with Crippen molar-refractivity contribution in [1.82, 2.24) is 9.97 Å². The molecule has 104 valence electrons. The molecule has 2 heterocycles. The maximum absolute atomic E-state index is 11.3. The highest BCUT2D eigenvalue weighted by atomic mass is 32.1. The molecule has 0 saturated heterocycles. The van der Waals surface area contributed by atoms with Gasteiger partial charge in [0.2, 0.25) is 0 Å². The van der Waals surface area contributed by atoms with Gasteiger partial charge in [-0.1, -0.05) is 0 Å². The summed E-state index contributed by atoms with van der Waals surface area (Å²) < 4.78 is 0. The maximum Gasteiger partial charge on any atom is 0.323 e. The Labute approximate surface area is 120 Å². The van der Waals surface area contributed by atoms with E-state index in [4.69, 9.17) is 0 Å². The van der Waals surface area contributed by atoms with Crippen molar-refractivity contribution in [1.29, 1.82) is 0 Å². The molecule has 0 aliphatic heterocycles. The summed E-state index contributed by atoms with van der Waals surface area (Å²) in [5.74, 6) is 0. The van der Waals surface area contributed by atoms with E-state index >= 15 is 0 Å². The Balaban J connectivity index is 1.88. The molecule has 1 atom stereocenters. The normalized spacial score (nSPS) is 12.8. The van der Waals surface area contributed by atoms with Crippen LogP contribution in [0.2, 0.25) is 0 Å². The summed E-state index contributed by atoms with van der Waals surface area (Å²) in [6.07, 6.45) is 0. The van der Waals surface area contributed by atoms with E-state index in [0.29, 0.717) is 0 Å². The van der Waals surface area contributed by atoms with Gasteiger partial charge in [0.25, 0.3) is 0 Å². The van der Waals surface area contributed by atoms with Crippen molar-refractivity contribution >= 4 is 28.1 Å². The van der Waals surface area contributed by atoms with Crippen molar-refractivity contribution in [3.05, 3.63) is 50.1 Å². The molecule has 3 N–H and O–H groups in total. The molecule has 0 aliphatic rings. The van der Waals surface area contributed by atoms with Gasteiger partial charge in [-0.25, -0.2) is 4.79 Å². The number of benzene rings is 1. The van der Waals surface area contributed by atoms with E-state index in [0.717, 1.165) is 16.7 Å². The van der Waals surface area contributed by atoms with Crippen LogP contribution in [0.5, 0.6) is 0 Å². The number of aryl methyl sites for hydroxylation is 2. The van der Waals surface area contributed by atoms with E-state index < -0.39 is 0 Å². The molecule has 3 rings (SSSR count). The monoisotopic (exact) mass is 287 g/mol. The molecule has 0 amide bonds. The second kappa shape index (κ2) is 4.83. The first-order valence-electron chi connectivity index (χ1n) is 6.58. The minimum Gasteiger partial charge on any atom is -0.378 e. The highest BCUT2D eigenvalue weighted by molar-refractivity contribution is 7.12. The minimum absolute atomic E-state index is 0.172. The first kappa shape index (κ1) is 13.0. The van der Waals surface area contributed by atoms with Crippen LogP contribution in [0.25, 0.3) is 11.0 Å². The van der Waals surface area contributed by atoms with Gasteiger partial charge in [0.05, 0.1) is 11.0 Å². The van der Waals surface area contributed by atoms with Crippen LogP contribution in [-0.4, -0.2) is 9.97 Å². The van der Waals surface area contributed by atoms with Crippen molar-refractivity contribution in [2.45, 2.75) is 26.8 Å². The van der Waals surface area contributed by atoms with Crippen molar-refractivity contribution in [3.63, 3.8) is 0 Å². The molecular formula is C15H17N3OS. The number of nitrogens with one attached hydrogen (secondary N) is 3. The SMILES string of the molecule is Cc1cc(C(C)Nc2ccc3[nH]c(=O)[nH]c3c2)c(C)s1. The second-order valence-corrected chi connectivity index (χ2v) is 6.53. The van der Waals surface area contributed by atoms with Gasteiger partial charge in [-0.15, -0.1) is 11.3 Å². The van der Waals surface area contributed by atoms with Gasteiger partial charge in [-0.2, -0.15) is 0 Å². The van der Waals surface area contributed by atoms with Gasteiger partial charge < -0.3 is 15.3 Å². The highest BCUT2D eigenvalue weighted by Crippen LogP contribution is 2.29. The minimum atomic E-state index is -0.172. The Morgan fingerprint density at radius 3 is 2.60 bits per heavy atom. The van der Waals surface area contributed by atoms with Crippen LogP contribution in [0.1, 0.15) is 28.3 Å². The van der Waals surface area contributed by atoms with E-state index in [1.165, 1.54) is 15.3 Å². The Morgan fingerprint density at radius 1 is 1.15 bits per heavy atom. The average Bonchev–Trinajstić information content (AvgIpc) is 2.90.